The highest BCUT2D eigenvalue weighted by Gasteiger charge is 2.27. The number of aryl methyl sites for hydroxylation is 1. The molecule has 0 amide bonds. The molecule has 8 nitrogen and oxygen atoms in total. The molecule has 0 spiro atoms. The molecule has 0 unspecified atom stereocenters. The van der Waals surface area contributed by atoms with Crippen LogP contribution in [0.2, 0.25) is 0 Å². The van der Waals surface area contributed by atoms with Gasteiger partial charge in [0.1, 0.15) is 11.7 Å². The number of nitrogens with zero attached hydrogens (tertiary/aromatic N) is 6. The Morgan fingerprint density at radius 1 is 1.45 bits per heavy atom. The zero-order valence-corrected chi connectivity index (χ0v) is 10.9. The lowest BCUT2D eigenvalue weighted by atomic mass is 10.4. The Balaban J connectivity index is 1.77. The Bertz CT molecular complexity index is 841. The van der Waals surface area contributed by atoms with E-state index in [2.05, 4.69) is 20.2 Å². The maximum absolute atomic E-state index is 12.4. The first-order valence-corrected chi connectivity index (χ1v) is 6.44. The standard InChI is InChI=1S/C12H12N6O2/c1-7-15-10(16-20-7)5-17-6-13-11-9(12(17)19)4-14-18(11)8-2-3-8/h4,6,8H,2-3,5H2,1H3. The van der Waals surface area contributed by atoms with Gasteiger partial charge >= 0.3 is 0 Å². The van der Waals surface area contributed by atoms with Crippen LogP contribution in [-0.4, -0.2) is 29.5 Å². The van der Waals surface area contributed by atoms with Crippen molar-refractivity contribution in [3.63, 3.8) is 0 Å². The molecule has 102 valence electrons. The number of aromatic nitrogens is 6. The molecule has 0 aromatic carbocycles. The van der Waals surface area contributed by atoms with Gasteiger partial charge < -0.3 is 4.52 Å². The summed E-state index contributed by atoms with van der Waals surface area (Å²) < 4.78 is 8.19. The molecule has 3 heterocycles. The summed E-state index contributed by atoms with van der Waals surface area (Å²) in [7, 11) is 0. The van der Waals surface area contributed by atoms with Crippen LogP contribution in [0.4, 0.5) is 0 Å². The zero-order chi connectivity index (χ0) is 13.7. The molecule has 3 aromatic heterocycles. The molecule has 20 heavy (non-hydrogen) atoms. The summed E-state index contributed by atoms with van der Waals surface area (Å²) in [5.74, 6) is 0.934. The SMILES string of the molecule is Cc1nc(Cn2cnc3c(cnn3C3CC3)c2=O)no1. The molecule has 1 aliphatic carbocycles. The summed E-state index contributed by atoms with van der Waals surface area (Å²) in [6.07, 6.45) is 5.30. The quantitative estimate of drug-likeness (QED) is 0.695. The zero-order valence-electron chi connectivity index (χ0n) is 10.9. The summed E-state index contributed by atoms with van der Waals surface area (Å²) >= 11 is 0. The molecule has 1 fully saturated rings. The minimum atomic E-state index is -0.135. The number of fused-ring (bicyclic) bond motifs is 1. The van der Waals surface area contributed by atoms with E-state index in [1.54, 1.807) is 13.1 Å². The van der Waals surface area contributed by atoms with Crippen LogP contribution in [0.15, 0.2) is 21.8 Å². The minimum Gasteiger partial charge on any atom is -0.340 e. The summed E-state index contributed by atoms with van der Waals surface area (Å²) in [5, 5.41) is 8.57. The smallest absolute Gasteiger partial charge is 0.264 e. The van der Waals surface area contributed by atoms with Crippen LogP contribution in [0.1, 0.15) is 30.6 Å². The highest BCUT2D eigenvalue weighted by molar-refractivity contribution is 5.73. The van der Waals surface area contributed by atoms with Gasteiger partial charge in [0.05, 0.1) is 18.8 Å². The fourth-order valence-electron chi connectivity index (χ4n) is 2.22. The summed E-state index contributed by atoms with van der Waals surface area (Å²) in [6, 6.07) is 0.398. The largest absolute Gasteiger partial charge is 0.340 e. The molecule has 4 rings (SSSR count). The summed E-state index contributed by atoms with van der Waals surface area (Å²) in [4.78, 5) is 20.8. The van der Waals surface area contributed by atoms with E-state index in [9.17, 15) is 4.79 Å². The van der Waals surface area contributed by atoms with E-state index < -0.39 is 0 Å². The Morgan fingerprint density at radius 2 is 2.30 bits per heavy atom. The van der Waals surface area contributed by atoms with E-state index in [0.29, 0.717) is 28.8 Å². The molecule has 0 bridgehead atoms. The second-order valence-corrected chi connectivity index (χ2v) is 4.96. The molecule has 0 radical (unpaired) electrons. The monoisotopic (exact) mass is 272 g/mol. The first-order chi connectivity index (χ1) is 9.72. The topological polar surface area (TPSA) is 91.6 Å². The van der Waals surface area contributed by atoms with Crippen molar-refractivity contribution in [2.75, 3.05) is 0 Å². The van der Waals surface area contributed by atoms with Crippen molar-refractivity contribution in [2.24, 2.45) is 0 Å². The molecule has 0 N–H and O–H groups in total. The van der Waals surface area contributed by atoms with Crippen molar-refractivity contribution < 1.29 is 4.52 Å². The Hall–Kier alpha value is -2.51. The molecule has 0 saturated heterocycles. The van der Waals surface area contributed by atoms with E-state index in [-0.39, 0.29) is 12.1 Å². The minimum absolute atomic E-state index is 0.135. The maximum Gasteiger partial charge on any atom is 0.264 e. The maximum atomic E-state index is 12.4. The Kier molecular flexibility index (Phi) is 2.26. The molecule has 0 aliphatic heterocycles. The van der Waals surface area contributed by atoms with Crippen LogP contribution in [0.5, 0.6) is 0 Å². The first kappa shape index (κ1) is 11.3. The predicted molar refractivity (Wildman–Crippen MR) is 68.2 cm³/mol. The number of rotatable bonds is 3. The van der Waals surface area contributed by atoms with Crippen LogP contribution < -0.4 is 5.56 Å². The van der Waals surface area contributed by atoms with Crippen LogP contribution in [-0.2, 0) is 6.54 Å². The molecule has 3 aromatic rings. The van der Waals surface area contributed by atoms with Gasteiger partial charge in [-0.15, -0.1) is 0 Å². The number of hydrogen-bond donors (Lipinski definition) is 0. The normalized spacial score (nSPS) is 15.1. The molecule has 8 heteroatoms. The van der Waals surface area contributed by atoms with E-state index in [4.69, 9.17) is 4.52 Å². The number of hydrogen-bond acceptors (Lipinski definition) is 6. The van der Waals surface area contributed by atoms with Gasteiger partial charge in [0.2, 0.25) is 5.89 Å². The van der Waals surface area contributed by atoms with Crippen LogP contribution in [0.25, 0.3) is 11.0 Å². The highest BCUT2D eigenvalue weighted by Crippen LogP contribution is 2.35. The van der Waals surface area contributed by atoms with Gasteiger partial charge in [0, 0.05) is 6.92 Å². The molecule has 0 atom stereocenters. The Morgan fingerprint density at radius 3 is 3.00 bits per heavy atom. The van der Waals surface area contributed by atoms with E-state index in [0.717, 1.165) is 12.8 Å². The molecule has 1 aliphatic rings. The third-order valence-corrected chi connectivity index (χ3v) is 3.35. The van der Waals surface area contributed by atoms with Gasteiger partial charge in [-0.05, 0) is 12.8 Å². The highest BCUT2D eigenvalue weighted by atomic mass is 16.5. The lowest BCUT2D eigenvalue weighted by Crippen LogP contribution is -2.21. The molecular formula is C12H12N6O2. The van der Waals surface area contributed by atoms with Gasteiger partial charge in [-0.1, -0.05) is 5.16 Å². The average molecular weight is 272 g/mol. The first-order valence-electron chi connectivity index (χ1n) is 6.44. The van der Waals surface area contributed by atoms with Crippen molar-refractivity contribution in [3.8, 4) is 0 Å². The predicted octanol–water partition coefficient (Wildman–Crippen LogP) is 0.668. The molecular weight excluding hydrogens is 260 g/mol. The van der Waals surface area contributed by atoms with Crippen LogP contribution in [0, 0.1) is 6.92 Å². The van der Waals surface area contributed by atoms with E-state index in [1.165, 1.54) is 10.9 Å². The molecule has 1 saturated carbocycles. The van der Waals surface area contributed by atoms with Gasteiger partial charge in [-0.3, -0.25) is 9.36 Å². The van der Waals surface area contributed by atoms with Crippen molar-refractivity contribution in [2.45, 2.75) is 32.4 Å². The summed E-state index contributed by atoms with van der Waals surface area (Å²) in [5.41, 5.74) is 0.516. The Labute approximate surface area is 113 Å². The summed E-state index contributed by atoms with van der Waals surface area (Å²) in [6.45, 7) is 1.95. The van der Waals surface area contributed by atoms with Crippen LogP contribution >= 0.6 is 0 Å². The third-order valence-electron chi connectivity index (χ3n) is 3.35. The van der Waals surface area contributed by atoms with E-state index in [1.807, 2.05) is 4.68 Å². The average Bonchev–Trinajstić information content (AvgIpc) is 3.05. The second kappa shape index (κ2) is 3.99. The lowest BCUT2D eigenvalue weighted by Gasteiger charge is -2.02. The fraction of sp³-hybridized carbons (Fsp3) is 0.417. The van der Waals surface area contributed by atoms with Gasteiger partial charge in [-0.2, -0.15) is 10.1 Å². The van der Waals surface area contributed by atoms with Crippen molar-refractivity contribution in [1.29, 1.82) is 0 Å². The lowest BCUT2D eigenvalue weighted by molar-refractivity contribution is 0.386. The van der Waals surface area contributed by atoms with E-state index >= 15 is 0 Å². The second-order valence-electron chi connectivity index (χ2n) is 4.96. The van der Waals surface area contributed by atoms with Crippen molar-refractivity contribution >= 4 is 11.0 Å². The third kappa shape index (κ3) is 1.72. The fourth-order valence-corrected chi connectivity index (χ4v) is 2.22. The van der Waals surface area contributed by atoms with Gasteiger partial charge in [-0.25, -0.2) is 9.67 Å². The van der Waals surface area contributed by atoms with Gasteiger partial charge in [0.15, 0.2) is 11.5 Å². The van der Waals surface area contributed by atoms with Crippen molar-refractivity contribution in [1.82, 2.24) is 29.5 Å². The van der Waals surface area contributed by atoms with Crippen LogP contribution in [0.3, 0.4) is 0 Å². The van der Waals surface area contributed by atoms with Gasteiger partial charge in [0.25, 0.3) is 5.56 Å². The van der Waals surface area contributed by atoms with Crippen molar-refractivity contribution in [3.05, 3.63) is 34.6 Å².